The Hall–Kier alpha value is -2.68. The topological polar surface area (TPSA) is 83.3 Å². The summed E-state index contributed by atoms with van der Waals surface area (Å²) >= 11 is 0. The Balaban J connectivity index is 1.87. The van der Waals surface area contributed by atoms with Gasteiger partial charge >= 0.3 is 5.97 Å². The number of ether oxygens (including phenoxy) is 1. The summed E-state index contributed by atoms with van der Waals surface area (Å²) in [6, 6.07) is 7.61. The molecule has 6 nitrogen and oxygen atoms in total. The number of carbonyl (C=O) groups excluding carboxylic acids is 2. The first-order chi connectivity index (χ1) is 11.6. The number of pyridine rings is 1. The van der Waals surface area contributed by atoms with Crippen molar-refractivity contribution < 1.29 is 14.3 Å². The van der Waals surface area contributed by atoms with Crippen molar-refractivity contribution in [2.24, 2.45) is 0 Å². The van der Waals surface area contributed by atoms with Gasteiger partial charge in [0.15, 0.2) is 6.61 Å². The summed E-state index contributed by atoms with van der Waals surface area (Å²) in [5, 5.41) is 9.48. The number of nitriles is 1. The standard InChI is InChI=1S/C18H21N3O3/c1-21(18(14-19)10-4-2-5-11-18)16(22)13-24-17(23)9-8-15-7-3-6-12-20-15/h3,6-9,12H,2,4-5,10-11,13H2,1H3/b9-8+. The van der Waals surface area contributed by atoms with Crippen LogP contribution in [0.1, 0.15) is 37.8 Å². The molecule has 2 rings (SSSR count). The van der Waals surface area contributed by atoms with Crippen LogP contribution in [0.25, 0.3) is 6.08 Å². The first-order valence-corrected chi connectivity index (χ1v) is 8.01. The summed E-state index contributed by atoms with van der Waals surface area (Å²) in [7, 11) is 1.61. The van der Waals surface area contributed by atoms with Crippen molar-refractivity contribution in [2.45, 2.75) is 37.6 Å². The first kappa shape index (κ1) is 17.7. The van der Waals surface area contributed by atoms with Crippen molar-refractivity contribution in [3.8, 4) is 6.07 Å². The average Bonchev–Trinajstić information content (AvgIpc) is 2.65. The van der Waals surface area contributed by atoms with Gasteiger partial charge in [-0.3, -0.25) is 9.78 Å². The average molecular weight is 327 g/mol. The van der Waals surface area contributed by atoms with E-state index >= 15 is 0 Å². The smallest absolute Gasteiger partial charge is 0.331 e. The lowest BCUT2D eigenvalue weighted by Gasteiger charge is -2.38. The van der Waals surface area contributed by atoms with Crippen molar-refractivity contribution >= 4 is 18.0 Å². The molecule has 1 aromatic rings. The second kappa shape index (κ2) is 8.25. The molecule has 0 aliphatic heterocycles. The summed E-state index contributed by atoms with van der Waals surface area (Å²) < 4.78 is 4.97. The maximum absolute atomic E-state index is 12.2. The molecule has 0 saturated heterocycles. The fourth-order valence-electron chi connectivity index (χ4n) is 2.80. The fourth-order valence-corrected chi connectivity index (χ4v) is 2.80. The van der Waals surface area contributed by atoms with Gasteiger partial charge in [0.25, 0.3) is 5.91 Å². The van der Waals surface area contributed by atoms with Gasteiger partial charge in [-0.05, 0) is 31.1 Å². The zero-order chi connectivity index (χ0) is 17.4. The highest BCUT2D eigenvalue weighted by molar-refractivity contribution is 5.89. The highest BCUT2D eigenvalue weighted by Crippen LogP contribution is 2.32. The van der Waals surface area contributed by atoms with Crippen molar-refractivity contribution in [1.82, 2.24) is 9.88 Å². The van der Waals surface area contributed by atoms with E-state index < -0.39 is 11.5 Å². The summed E-state index contributed by atoms with van der Waals surface area (Å²) in [5.41, 5.74) is -0.144. The molecule has 126 valence electrons. The van der Waals surface area contributed by atoms with Gasteiger partial charge in [-0.2, -0.15) is 5.26 Å². The van der Waals surface area contributed by atoms with E-state index in [1.54, 1.807) is 25.4 Å². The number of amides is 1. The first-order valence-electron chi connectivity index (χ1n) is 8.01. The van der Waals surface area contributed by atoms with Crippen LogP contribution in [0.5, 0.6) is 0 Å². The van der Waals surface area contributed by atoms with Crippen LogP contribution in [-0.4, -0.2) is 41.0 Å². The number of hydrogen-bond acceptors (Lipinski definition) is 5. The maximum Gasteiger partial charge on any atom is 0.331 e. The summed E-state index contributed by atoms with van der Waals surface area (Å²) in [6.07, 6.45) is 8.65. The molecule has 6 heteroatoms. The van der Waals surface area contributed by atoms with Gasteiger partial charge in [-0.1, -0.05) is 25.3 Å². The molecule has 0 atom stereocenters. The fraction of sp³-hybridized carbons (Fsp3) is 0.444. The van der Waals surface area contributed by atoms with Crippen molar-refractivity contribution in [2.75, 3.05) is 13.7 Å². The Morgan fingerprint density at radius 2 is 2.12 bits per heavy atom. The molecular formula is C18H21N3O3. The molecule has 1 amide bonds. The molecule has 0 radical (unpaired) electrons. The number of esters is 1. The van der Waals surface area contributed by atoms with E-state index in [4.69, 9.17) is 4.74 Å². The number of likely N-dealkylation sites (N-methyl/N-ethyl adjacent to an activating group) is 1. The second-order valence-corrected chi connectivity index (χ2v) is 5.85. The van der Waals surface area contributed by atoms with Crippen LogP contribution in [0.2, 0.25) is 0 Å². The van der Waals surface area contributed by atoms with Gasteiger partial charge in [0.05, 0.1) is 11.8 Å². The largest absolute Gasteiger partial charge is 0.452 e. The Kier molecular flexibility index (Phi) is 6.07. The summed E-state index contributed by atoms with van der Waals surface area (Å²) in [4.78, 5) is 29.4. The molecule has 24 heavy (non-hydrogen) atoms. The van der Waals surface area contributed by atoms with Crippen LogP contribution >= 0.6 is 0 Å². The molecule has 0 N–H and O–H groups in total. The van der Waals surface area contributed by atoms with Crippen molar-refractivity contribution in [1.29, 1.82) is 5.26 Å². The Labute approximate surface area is 141 Å². The van der Waals surface area contributed by atoms with Gasteiger partial charge in [0.2, 0.25) is 0 Å². The zero-order valence-corrected chi connectivity index (χ0v) is 13.8. The lowest BCUT2D eigenvalue weighted by Crippen LogP contribution is -2.51. The molecule has 1 fully saturated rings. The molecule has 1 saturated carbocycles. The number of rotatable bonds is 5. The quantitative estimate of drug-likeness (QED) is 0.612. The third-order valence-corrected chi connectivity index (χ3v) is 4.32. The molecule has 1 aliphatic rings. The van der Waals surface area contributed by atoms with E-state index in [1.165, 1.54) is 17.1 Å². The minimum atomic E-state index is -0.772. The number of nitrogens with zero attached hydrogens (tertiary/aromatic N) is 3. The third-order valence-electron chi connectivity index (χ3n) is 4.32. The predicted molar refractivity (Wildman–Crippen MR) is 88.4 cm³/mol. The molecular weight excluding hydrogens is 306 g/mol. The van der Waals surface area contributed by atoms with E-state index in [-0.39, 0.29) is 12.5 Å². The lowest BCUT2D eigenvalue weighted by molar-refractivity contribution is -0.150. The number of hydrogen-bond donors (Lipinski definition) is 0. The Morgan fingerprint density at radius 3 is 2.75 bits per heavy atom. The minimum Gasteiger partial charge on any atom is -0.452 e. The van der Waals surface area contributed by atoms with Crippen molar-refractivity contribution in [3.63, 3.8) is 0 Å². The van der Waals surface area contributed by atoms with Crippen LogP contribution in [-0.2, 0) is 14.3 Å². The molecule has 0 bridgehead atoms. The monoisotopic (exact) mass is 327 g/mol. The molecule has 0 spiro atoms. The Bertz CT molecular complexity index is 643. The number of aromatic nitrogens is 1. The molecule has 0 unspecified atom stereocenters. The summed E-state index contributed by atoms with van der Waals surface area (Å²) in [6.45, 7) is -0.370. The van der Waals surface area contributed by atoms with E-state index in [2.05, 4.69) is 11.1 Å². The van der Waals surface area contributed by atoms with E-state index in [0.717, 1.165) is 19.3 Å². The van der Waals surface area contributed by atoms with Gasteiger partial charge < -0.3 is 9.64 Å². The molecule has 1 heterocycles. The van der Waals surface area contributed by atoms with Crippen molar-refractivity contribution in [3.05, 3.63) is 36.2 Å². The number of carbonyl (C=O) groups is 2. The van der Waals surface area contributed by atoms with Gasteiger partial charge in [0, 0.05) is 19.3 Å². The van der Waals surface area contributed by atoms with E-state index in [1.807, 2.05) is 6.07 Å². The van der Waals surface area contributed by atoms with Crippen LogP contribution in [0, 0.1) is 11.3 Å². The van der Waals surface area contributed by atoms with Gasteiger partial charge in [-0.25, -0.2) is 4.79 Å². The molecule has 1 aliphatic carbocycles. The van der Waals surface area contributed by atoms with Crippen LogP contribution in [0.15, 0.2) is 30.5 Å². The van der Waals surface area contributed by atoms with Crippen LogP contribution in [0.3, 0.4) is 0 Å². The predicted octanol–water partition coefficient (Wildman–Crippen LogP) is 2.32. The highest BCUT2D eigenvalue weighted by Gasteiger charge is 2.38. The minimum absolute atomic E-state index is 0.363. The van der Waals surface area contributed by atoms with Crippen LogP contribution in [0.4, 0.5) is 0 Å². The van der Waals surface area contributed by atoms with Gasteiger partial charge in [0.1, 0.15) is 5.54 Å². The third kappa shape index (κ3) is 4.42. The second-order valence-electron chi connectivity index (χ2n) is 5.85. The van der Waals surface area contributed by atoms with Crippen LogP contribution < -0.4 is 0 Å². The highest BCUT2D eigenvalue weighted by atomic mass is 16.5. The zero-order valence-electron chi connectivity index (χ0n) is 13.8. The molecule has 1 aromatic heterocycles. The summed E-state index contributed by atoms with van der Waals surface area (Å²) in [5.74, 6) is -0.977. The normalized spacial score (nSPS) is 16.3. The SMILES string of the molecule is CN(C(=O)COC(=O)/C=C/c1ccccn1)C1(C#N)CCCCC1. The lowest BCUT2D eigenvalue weighted by atomic mass is 9.81. The van der Waals surface area contributed by atoms with E-state index in [9.17, 15) is 14.9 Å². The Morgan fingerprint density at radius 1 is 1.38 bits per heavy atom. The molecule has 0 aromatic carbocycles. The van der Waals surface area contributed by atoms with Gasteiger partial charge in [-0.15, -0.1) is 0 Å². The maximum atomic E-state index is 12.2. The van der Waals surface area contributed by atoms with E-state index in [0.29, 0.717) is 18.5 Å².